The molecule has 7 nitrogen and oxygen atoms in total. The Morgan fingerprint density at radius 2 is 1.73 bits per heavy atom. The van der Waals surface area contributed by atoms with Crippen LogP contribution in [0.1, 0.15) is 32.6 Å². The van der Waals surface area contributed by atoms with Crippen LogP contribution in [0.3, 0.4) is 0 Å². The maximum Gasteiger partial charge on any atom is 0.240 e. The quantitative estimate of drug-likeness (QED) is 0.454. The van der Waals surface area contributed by atoms with Crippen molar-refractivity contribution in [1.29, 1.82) is 5.26 Å². The molecule has 1 aliphatic heterocycles. The van der Waals surface area contributed by atoms with Crippen molar-refractivity contribution in [3.8, 4) is 11.8 Å². The molecule has 0 spiro atoms. The first-order valence-corrected chi connectivity index (χ1v) is 12.2. The van der Waals surface area contributed by atoms with Crippen LogP contribution in [0.15, 0.2) is 65.8 Å². The third-order valence-corrected chi connectivity index (χ3v) is 6.71. The van der Waals surface area contributed by atoms with Gasteiger partial charge in [0.1, 0.15) is 0 Å². The molecule has 1 atom stereocenters. The highest BCUT2D eigenvalue weighted by atomic mass is 32.2. The first kappa shape index (κ1) is 22.9. The summed E-state index contributed by atoms with van der Waals surface area (Å²) in [7, 11) is 0. The molecule has 0 bridgehead atoms. The van der Waals surface area contributed by atoms with E-state index in [9.17, 15) is 4.79 Å². The summed E-state index contributed by atoms with van der Waals surface area (Å²) in [6, 6.07) is 21.7. The number of hydrogen-bond donors (Lipinski definition) is 0. The molecule has 33 heavy (non-hydrogen) atoms. The molecular weight excluding hydrogens is 432 g/mol. The third-order valence-electron chi connectivity index (χ3n) is 5.68. The lowest BCUT2D eigenvalue weighted by atomic mass is 10.1. The first-order valence-electron chi connectivity index (χ1n) is 11.3. The maximum atomic E-state index is 13.4. The summed E-state index contributed by atoms with van der Waals surface area (Å²) < 4.78 is 2.06. The fourth-order valence-electron chi connectivity index (χ4n) is 4.00. The van der Waals surface area contributed by atoms with Crippen molar-refractivity contribution < 1.29 is 4.79 Å². The predicted octanol–water partition coefficient (Wildman–Crippen LogP) is 4.69. The van der Waals surface area contributed by atoms with Crippen molar-refractivity contribution in [2.24, 2.45) is 0 Å². The van der Waals surface area contributed by atoms with Gasteiger partial charge >= 0.3 is 0 Å². The molecule has 1 fully saturated rings. The molecular formula is C25H28N6OS. The van der Waals surface area contributed by atoms with Gasteiger partial charge in [-0.25, -0.2) is 0 Å². The van der Waals surface area contributed by atoms with Gasteiger partial charge in [-0.3, -0.25) is 9.36 Å². The average molecular weight is 461 g/mol. The van der Waals surface area contributed by atoms with E-state index in [4.69, 9.17) is 5.26 Å². The topological polar surface area (TPSA) is 78.1 Å². The lowest BCUT2D eigenvalue weighted by molar-refractivity contribution is -0.117. The molecule has 0 aliphatic carbocycles. The number of anilines is 2. The Morgan fingerprint density at radius 3 is 2.39 bits per heavy atom. The van der Waals surface area contributed by atoms with Gasteiger partial charge in [-0.15, -0.1) is 10.2 Å². The summed E-state index contributed by atoms with van der Waals surface area (Å²) in [5.41, 5.74) is 1.78. The normalized spacial score (nSPS) is 14.5. The molecule has 170 valence electrons. The maximum absolute atomic E-state index is 13.4. The number of nitriles is 1. The standard InChI is InChI=1S/C25H28N6OS/c1-20(23(32)30(19-11-16-26)21-12-5-2-6-13-21)33-25-28-27-24(29-17-9-4-10-18-29)31(25)22-14-7-3-8-15-22/h2-3,5-8,12-15,20H,4,9-11,17-19H2,1H3. The molecule has 8 heteroatoms. The monoisotopic (exact) mass is 460 g/mol. The van der Waals surface area contributed by atoms with Crippen LogP contribution >= 0.6 is 11.8 Å². The fourth-order valence-corrected chi connectivity index (χ4v) is 4.93. The number of carbonyl (C=O) groups excluding carboxylic acids is 1. The van der Waals surface area contributed by atoms with E-state index in [0.717, 1.165) is 43.3 Å². The number of benzene rings is 2. The van der Waals surface area contributed by atoms with Crippen molar-refractivity contribution in [2.45, 2.75) is 43.0 Å². The molecule has 2 aromatic carbocycles. The molecule has 1 aromatic heterocycles. The van der Waals surface area contributed by atoms with Crippen LogP contribution in [0.4, 0.5) is 11.6 Å². The average Bonchev–Trinajstić information content (AvgIpc) is 3.29. The number of para-hydroxylation sites is 2. The summed E-state index contributed by atoms with van der Waals surface area (Å²) in [5, 5.41) is 18.4. The van der Waals surface area contributed by atoms with E-state index in [2.05, 4.69) is 25.7 Å². The minimum Gasteiger partial charge on any atom is -0.341 e. The van der Waals surface area contributed by atoms with E-state index in [1.54, 1.807) is 4.90 Å². The largest absolute Gasteiger partial charge is 0.341 e. The van der Waals surface area contributed by atoms with Gasteiger partial charge in [0.15, 0.2) is 5.16 Å². The molecule has 2 heterocycles. The lowest BCUT2D eigenvalue weighted by Gasteiger charge is -2.28. The van der Waals surface area contributed by atoms with Gasteiger partial charge in [0.05, 0.1) is 23.4 Å². The van der Waals surface area contributed by atoms with Crippen LogP contribution < -0.4 is 9.80 Å². The Kier molecular flexibility index (Phi) is 7.63. The highest BCUT2D eigenvalue weighted by Gasteiger charge is 2.27. The van der Waals surface area contributed by atoms with Gasteiger partial charge in [-0.1, -0.05) is 48.2 Å². The van der Waals surface area contributed by atoms with Gasteiger partial charge in [0, 0.05) is 25.3 Å². The van der Waals surface area contributed by atoms with E-state index in [1.165, 1.54) is 18.2 Å². The third kappa shape index (κ3) is 5.37. The van der Waals surface area contributed by atoms with Crippen molar-refractivity contribution in [3.63, 3.8) is 0 Å². The molecule has 1 amide bonds. The Bertz CT molecular complexity index is 1090. The van der Waals surface area contributed by atoms with Crippen molar-refractivity contribution >= 4 is 29.3 Å². The lowest BCUT2D eigenvalue weighted by Crippen LogP contribution is -2.37. The summed E-state index contributed by atoms with van der Waals surface area (Å²) >= 11 is 1.40. The van der Waals surface area contributed by atoms with Gasteiger partial charge in [-0.2, -0.15) is 5.26 Å². The first-order chi connectivity index (χ1) is 16.2. The van der Waals surface area contributed by atoms with Gasteiger partial charge in [0.2, 0.25) is 11.9 Å². The minimum absolute atomic E-state index is 0.0522. The Balaban J connectivity index is 1.61. The zero-order valence-electron chi connectivity index (χ0n) is 18.8. The molecule has 1 aliphatic rings. The van der Waals surface area contributed by atoms with Crippen LogP contribution in [0.5, 0.6) is 0 Å². The van der Waals surface area contributed by atoms with Gasteiger partial charge < -0.3 is 9.80 Å². The molecule has 1 saturated heterocycles. The molecule has 0 saturated carbocycles. The number of nitrogens with zero attached hydrogens (tertiary/aromatic N) is 6. The van der Waals surface area contributed by atoms with Crippen LogP contribution in [-0.2, 0) is 4.79 Å². The molecule has 4 rings (SSSR count). The number of thioether (sulfide) groups is 1. The molecule has 3 aromatic rings. The second-order valence-electron chi connectivity index (χ2n) is 7.99. The van der Waals surface area contributed by atoms with Crippen LogP contribution in [0.2, 0.25) is 0 Å². The summed E-state index contributed by atoms with van der Waals surface area (Å²) in [6.45, 7) is 4.16. The van der Waals surface area contributed by atoms with E-state index in [0.29, 0.717) is 11.7 Å². The molecule has 1 unspecified atom stereocenters. The zero-order valence-corrected chi connectivity index (χ0v) is 19.6. The predicted molar refractivity (Wildman–Crippen MR) is 132 cm³/mol. The number of carbonyl (C=O) groups is 1. The number of amides is 1. The zero-order chi connectivity index (χ0) is 23.0. The van der Waals surface area contributed by atoms with E-state index >= 15 is 0 Å². The second-order valence-corrected chi connectivity index (χ2v) is 9.30. The number of aromatic nitrogens is 3. The molecule has 0 radical (unpaired) electrons. The Hall–Kier alpha value is -3.31. The number of hydrogen-bond acceptors (Lipinski definition) is 6. The second kappa shape index (κ2) is 11.0. The Morgan fingerprint density at radius 1 is 1.06 bits per heavy atom. The summed E-state index contributed by atoms with van der Waals surface area (Å²) in [4.78, 5) is 17.4. The molecule has 0 N–H and O–H groups in total. The van der Waals surface area contributed by atoms with E-state index in [-0.39, 0.29) is 12.3 Å². The fraction of sp³-hybridized carbons (Fsp3) is 0.360. The number of piperidine rings is 1. The summed E-state index contributed by atoms with van der Waals surface area (Å²) in [5.74, 6) is 0.774. The Labute approximate surface area is 199 Å². The highest BCUT2D eigenvalue weighted by molar-refractivity contribution is 8.00. The minimum atomic E-state index is -0.398. The summed E-state index contributed by atoms with van der Waals surface area (Å²) in [6.07, 6.45) is 3.80. The SMILES string of the molecule is CC(Sc1nnc(N2CCCCC2)n1-c1ccccc1)C(=O)N(CCC#N)c1ccccc1. The van der Waals surface area contributed by atoms with Crippen LogP contribution in [-0.4, -0.2) is 45.6 Å². The van der Waals surface area contributed by atoms with Crippen molar-refractivity contribution in [3.05, 3.63) is 60.7 Å². The smallest absolute Gasteiger partial charge is 0.240 e. The van der Waals surface area contributed by atoms with E-state index in [1.807, 2.05) is 67.6 Å². The highest BCUT2D eigenvalue weighted by Crippen LogP contribution is 2.31. The van der Waals surface area contributed by atoms with Gasteiger partial charge in [-0.05, 0) is 50.5 Å². The number of rotatable bonds is 8. The van der Waals surface area contributed by atoms with E-state index < -0.39 is 5.25 Å². The van der Waals surface area contributed by atoms with Crippen LogP contribution in [0, 0.1) is 11.3 Å². The van der Waals surface area contributed by atoms with Crippen molar-refractivity contribution in [1.82, 2.24) is 14.8 Å². The van der Waals surface area contributed by atoms with Gasteiger partial charge in [0.25, 0.3) is 0 Å². The van der Waals surface area contributed by atoms with Crippen molar-refractivity contribution in [2.75, 3.05) is 29.4 Å². The van der Waals surface area contributed by atoms with Crippen LogP contribution in [0.25, 0.3) is 5.69 Å².